The lowest BCUT2D eigenvalue weighted by atomic mass is 10.0. The molecule has 0 heterocycles. The lowest BCUT2D eigenvalue weighted by molar-refractivity contribution is -0.140. The van der Waals surface area contributed by atoms with Crippen molar-refractivity contribution in [3.05, 3.63) is 101 Å². The number of rotatable bonds is 13. The zero-order chi connectivity index (χ0) is 29.3. The minimum atomic E-state index is -4.01. The van der Waals surface area contributed by atoms with E-state index >= 15 is 0 Å². The van der Waals surface area contributed by atoms with Gasteiger partial charge in [0.05, 0.1) is 5.69 Å². The van der Waals surface area contributed by atoms with Gasteiger partial charge in [0.2, 0.25) is 11.8 Å². The van der Waals surface area contributed by atoms with Crippen molar-refractivity contribution in [2.75, 3.05) is 24.9 Å². The van der Waals surface area contributed by atoms with Crippen LogP contribution in [0.15, 0.2) is 89.4 Å². The largest absolute Gasteiger partial charge is 0.352 e. The first-order valence-electron chi connectivity index (χ1n) is 13.2. The normalized spacial score (nSPS) is 12.9. The summed E-state index contributed by atoms with van der Waals surface area (Å²) in [5.41, 5.74) is 2.06. The Morgan fingerprint density at radius 2 is 1.45 bits per heavy atom. The molecule has 3 aromatic rings. The highest BCUT2D eigenvalue weighted by atomic mass is 79.9. The van der Waals surface area contributed by atoms with Crippen molar-refractivity contribution >= 4 is 43.6 Å². The summed E-state index contributed by atoms with van der Waals surface area (Å²) in [5, 5.41) is 3.03. The van der Waals surface area contributed by atoms with E-state index in [9.17, 15) is 18.0 Å². The van der Waals surface area contributed by atoms with Crippen molar-refractivity contribution < 1.29 is 18.0 Å². The van der Waals surface area contributed by atoms with Crippen LogP contribution in [0, 0.1) is 0 Å². The number of anilines is 1. The fourth-order valence-electron chi connectivity index (χ4n) is 4.09. The number of benzene rings is 3. The topological polar surface area (TPSA) is 90.0 Å². The quantitative estimate of drug-likeness (QED) is 0.299. The van der Waals surface area contributed by atoms with Crippen LogP contribution in [0.5, 0.6) is 0 Å². The highest BCUT2D eigenvalue weighted by molar-refractivity contribution is 9.10. The van der Waals surface area contributed by atoms with Gasteiger partial charge in [0.1, 0.15) is 12.6 Å². The summed E-state index contributed by atoms with van der Waals surface area (Å²) in [6.07, 6.45) is 1.00. The zero-order valence-electron chi connectivity index (χ0n) is 23.3. The van der Waals surface area contributed by atoms with Crippen LogP contribution >= 0.6 is 15.9 Å². The first-order chi connectivity index (χ1) is 19.0. The van der Waals surface area contributed by atoms with E-state index in [1.54, 1.807) is 30.3 Å². The van der Waals surface area contributed by atoms with E-state index in [0.717, 1.165) is 30.6 Å². The smallest absolute Gasteiger partial charge is 0.304 e. The van der Waals surface area contributed by atoms with Gasteiger partial charge in [-0.1, -0.05) is 83.5 Å². The minimum Gasteiger partial charge on any atom is -0.352 e. The Morgan fingerprint density at radius 1 is 0.875 bits per heavy atom. The van der Waals surface area contributed by atoms with Gasteiger partial charge in [-0.3, -0.25) is 9.59 Å². The molecule has 2 amide bonds. The van der Waals surface area contributed by atoms with Crippen LogP contribution in [0.2, 0.25) is 0 Å². The van der Waals surface area contributed by atoms with E-state index in [2.05, 4.69) is 21.2 Å². The van der Waals surface area contributed by atoms with Crippen LogP contribution in [-0.4, -0.2) is 62.2 Å². The van der Waals surface area contributed by atoms with Crippen molar-refractivity contribution in [1.82, 2.24) is 14.5 Å². The molecule has 3 aromatic carbocycles. The van der Waals surface area contributed by atoms with E-state index in [0.29, 0.717) is 5.69 Å². The maximum absolute atomic E-state index is 14.2. The fourth-order valence-corrected chi connectivity index (χ4v) is 5.41. The molecule has 8 nitrogen and oxygen atoms in total. The Balaban J connectivity index is 2.07. The number of hydrogen-bond donors (Lipinski definition) is 1. The number of nitrogens with one attached hydrogen (secondary N) is 1. The molecule has 10 heteroatoms. The van der Waals surface area contributed by atoms with E-state index < -0.39 is 28.7 Å². The summed E-state index contributed by atoms with van der Waals surface area (Å²) >= 11 is 3.44. The molecular weight excluding hydrogens is 592 g/mol. The minimum absolute atomic E-state index is 0.0923. The third-order valence-corrected chi connectivity index (χ3v) is 8.95. The number of halogens is 1. The van der Waals surface area contributed by atoms with Crippen molar-refractivity contribution in [2.24, 2.45) is 0 Å². The van der Waals surface area contributed by atoms with E-state index in [4.69, 9.17) is 0 Å². The molecule has 0 aliphatic heterocycles. The Bertz CT molecular complexity index is 1350. The molecule has 2 unspecified atom stereocenters. The summed E-state index contributed by atoms with van der Waals surface area (Å²) < 4.78 is 29.8. The molecule has 214 valence electrons. The SMILES string of the molecule is CCC(C)NC(=O)C(Cc1ccccc1)N(Cc1ccc(Br)cc1)C(=O)CN(c1ccccc1)S(=O)(=O)N(C)C. The molecule has 40 heavy (non-hydrogen) atoms. The molecule has 0 aromatic heterocycles. The monoisotopic (exact) mass is 628 g/mol. The molecule has 0 spiro atoms. The van der Waals surface area contributed by atoms with Gasteiger partial charge < -0.3 is 10.2 Å². The third kappa shape index (κ3) is 8.39. The molecule has 3 rings (SSSR count). The molecule has 1 N–H and O–H groups in total. The summed E-state index contributed by atoms with van der Waals surface area (Å²) in [7, 11) is -1.17. The second-order valence-corrected chi connectivity index (χ2v) is 12.8. The average molecular weight is 630 g/mol. The molecule has 0 fully saturated rings. The number of hydrogen-bond acceptors (Lipinski definition) is 4. The van der Waals surface area contributed by atoms with Gasteiger partial charge in [-0.25, -0.2) is 4.31 Å². The van der Waals surface area contributed by atoms with E-state index in [-0.39, 0.29) is 24.9 Å². The van der Waals surface area contributed by atoms with Crippen molar-refractivity contribution in [3.63, 3.8) is 0 Å². The highest BCUT2D eigenvalue weighted by Gasteiger charge is 2.35. The Morgan fingerprint density at radius 3 is 2.00 bits per heavy atom. The van der Waals surface area contributed by atoms with Crippen molar-refractivity contribution in [2.45, 2.75) is 45.3 Å². The molecule has 0 radical (unpaired) electrons. The summed E-state index contributed by atoms with van der Waals surface area (Å²) in [4.78, 5) is 29.4. The molecule has 0 saturated heterocycles. The molecule has 0 aliphatic carbocycles. The molecule has 0 bridgehead atoms. The predicted octanol–water partition coefficient (Wildman–Crippen LogP) is 4.62. The van der Waals surface area contributed by atoms with Gasteiger partial charge >= 0.3 is 10.2 Å². The van der Waals surface area contributed by atoms with Crippen LogP contribution in [0.1, 0.15) is 31.4 Å². The van der Waals surface area contributed by atoms with Crippen LogP contribution < -0.4 is 9.62 Å². The predicted molar refractivity (Wildman–Crippen MR) is 163 cm³/mol. The van der Waals surface area contributed by atoms with Crippen LogP contribution in [0.25, 0.3) is 0 Å². The molecule has 2 atom stereocenters. The Hall–Kier alpha value is -3.21. The molecule has 0 aliphatic rings. The Kier molecular flexibility index (Phi) is 11.3. The maximum Gasteiger partial charge on any atom is 0.304 e. The van der Waals surface area contributed by atoms with Crippen LogP contribution in [-0.2, 0) is 32.8 Å². The average Bonchev–Trinajstić information content (AvgIpc) is 2.95. The summed E-state index contributed by atoms with van der Waals surface area (Å²) in [6, 6.07) is 24.5. The molecule has 0 saturated carbocycles. The number of amides is 2. The second-order valence-electron chi connectivity index (χ2n) is 9.80. The van der Waals surface area contributed by atoms with Gasteiger partial charge in [0, 0.05) is 37.6 Å². The van der Waals surface area contributed by atoms with Gasteiger partial charge in [-0.05, 0) is 48.7 Å². The Labute approximate surface area is 246 Å². The second kappa shape index (κ2) is 14.4. The zero-order valence-corrected chi connectivity index (χ0v) is 25.7. The van der Waals surface area contributed by atoms with Gasteiger partial charge in [0.25, 0.3) is 0 Å². The lowest BCUT2D eigenvalue weighted by Crippen LogP contribution is -2.55. The summed E-state index contributed by atoms with van der Waals surface area (Å²) in [5.74, 6) is -0.775. The van der Waals surface area contributed by atoms with Gasteiger partial charge in [-0.15, -0.1) is 0 Å². The van der Waals surface area contributed by atoms with Gasteiger partial charge in [0.15, 0.2) is 0 Å². The number of carbonyl (C=O) groups is 2. The van der Waals surface area contributed by atoms with Crippen LogP contribution in [0.3, 0.4) is 0 Å². The maximum atomic E-state index is 14.2. The standard InChI is InChI=1S/C30H37BrN4O4S/c1-5-23(2)32-30(37)28(20-24-12-8-6-9-13-24)34(21-25-16-18-26(31)19-17-25)29(36)22-35(40(38,39)33(3)4)27-14-10-7-11-15-27/h6-19,23,28H,5,20-22H2,1-4H3,(H,32,37). The number of para-hydroxylation sites is 1. The first kappa shape index (κ1) is 31.3. The first-order valence-corrected chi connectivity index (χ1v) is 15.3. The van der Waals surface area contributed by atoms with Gasteiger partial charge in [-0.2, -0.15) is 12.7 Å². The molecular formula is C30H37BrN4O4S. The van der Waals surface area contributed by atoms with E-state index in [1.807, 2.05) is 68.4 Å². The van der Waals surface area contributed by atoms with E-state index in [1.165, 1.54) is 19.0 Å². The third-order valence-electron chi connectivity index (χ3n) is 6.60. The highest BCUT2D eigenvalue weighted by Crippen LogP contribution is 2.22. The summed E-state index contributed by atoms with van der Waals surface area (Å²) in [6.45, 7) is 3.55. The number of nitrogens with zero attached hydrogens (tertiary/aromatic N) is 3. The van der Waals surface area contributed by atoms with Crippen molar-refractivity contribution in [1.29, 1.82) is 0 Å². The number of carbonyl (C=O) groups excluding carboxylic acids is 2. The van der Waals surface area contributed by atoms with Crippen molar-refractivity contribution in [3.8, 4) is 0 Å². The lowest BCUT2D eigenvalue weighted by Gasteiger charge is -2.35. The van der Waals surface area contributed by atoms with Crippen LogP contribution in [0.4, 0.5) is 5.69 Å². The fraction of sp³-hybridized carbons (Fsp3) is 0.333.